The molecule has 0 radical (unpaired) electrons. The van der Waals surface area contributed by atoms with Crippen LogP contribution in [0.4, 0.5) is 5.82 Å². The largest absolute Gasteiger partial charge is 0.356 e. The fourth-order valence-corrected chi connectivity index (χ4v) is 2.64. The number of amides is 1. The maximum absolute atomic E-state index is 12.2. The first kappa shape index (κ1) is 15.7. The highest BCUT2D eigenvalue weighted by Gasteiger charge is 2.28. The van der Waals surface area contributed by atoms with E-state index in [-0.39, 0.29) is 17.2 Å². The molecule has 0 spiro atoms. The molecule has 0 aromatic carbocycles. The highest BCUT2D eigenvalue weighted by molar-refractivity contribution is 5.79. The lowest BCUT2D eigenvalue weighted by atomic mass is 9.95. The number of rotatable bonds is 2. The molecule has 2 rings (SSSR count). The number of hydrogen-bond acceptors (Lipinski definition) is 4. The third-order valence-corrected chi connectivity index (χ3v) is 3.85. The topological polar surface area (TPSA) is 49.3 Å². The molecule has 0 bridgehead atoms. The second-order valence-corrected chi connectivity index (χ2v) is 7.01. The molecule has 1 fully saturated rings. The zero-order chi connectivity index (χ0) is 15.6. The minimum Gasteiger partial charge on any atom is -0.356 e. The van der Waals surface area contributed by atoms with Gasteiger partial charge in [-0.1, -0.05) is 20.8 Å². The third kappa shape index (κ3) is 3.71. The Balaban J connectivity index is 2.16. The van der Waals surface area contributed by atoms with E-state index < -0.39 is 0 Å². The van der Waals surface area contributed by atoms with Gasteiger partial charge in [0.2, 0.25) is 5.91 Å². The van der Waals surface area contributed by atoms with Gasteiger partial charge < -0.3 is 9.80 Å². The average molecular weight is 290 g/mol. The molecule has 2 heterocycles. The van der Waals surface area contributed by atoms with Gasteiger partial charge in [0.15, 0.2) is 0 Å². The molecule has 1 aliphatic heterocycles. The summed E-state index contributed by atoms with van der Waals surface area (Å²) in [6.45, 7) is 8.04. The van der Waals surface area contributed by atoms with Gasteiger partial charge in [-0.15, -0.1) is 0 Å². The predicted molar refractivity (Wildman–Crippen MR) is 84.4 cm³/mol. The van der Waals surface area contributed by atoms with Gasteiger partial charge >= 0.3 is 0 Å². The standard InChI is InChI=1S/C16H26N4O/c1-16(2,3)15-17-9-8-13(18-15)20-10-6-7-12(11-20)14(21)19(4)5/h8-9,12H,6-7,10-11H2,1-5H3. The summed E-state index contributed by atoms with van der Waals surface area (Å²) >= 11 is 0. The third-order valence-electron chi connectivity index (χ3n) is 3.85. The number of aromatic nitrogens is 2. The zero-order valence-electron chi connectivity index (χ0n) is 13.8. The van der Waals surface area contributed by atoms with Gasteiger partial charge in [-0.05, 0) is 18.9 Å². The van der Waals surface area contributed by atoms with Crippen LogP contribution in [0, 0.1) is 5.92 Å². The summed E-state index contributed by atoms with van der Waals surface area (Å²) in [6, 6.07) is 1.94. The van der Waals surface area contributed by atoms with Crippen LogP contribution in [0.15, 0.2) is 12.3 Å². The van der Waals surface area contributed by atoms with Crippen molar-refractivity contribution in [1.82, 2.24) is 14.9 Å². The fraction of sp³-hybridized carbons (Fsp3) is 0.688. The normalized spacial score (nSPS) is 19.5. The number of piperidine rings is 1. The molecular formula is C16H26N4O. The molecule has 1 atom stereocenters. The molecule has 116 valence electrons. The Labute approximate surface area is 127 Å². The molecule has 1 unspecified atom stereocenters. The van der Waals surface area contributed by atoms with Gasteiger partial charge in [0.25, 0.3) is 0 Å². The minimum absolute atomic E-state index is 0.0648. The summed E-state index contributed by atoms with van der Waals surface area (Å²) in [6.07, 6.45) is 3.81. The summed E-state index contributed by atoms with van der Waals surface area (Å²) in [5.41, 5.74) is -0.0648. The molecule has 5 heteroatoms. The van der Waals surface area contributed by atoms with E-state index in [9.17, 15) is 4.79 Å². The van der Waals surface area contributed by atoms with Crippen LogP contribution < -0.4 is 4.90 Å². The van der Waals surface area contributed by atoms with Crippen LogP contribution in [-0.2, 0) is 10.2 Å². The number of carbonyl (C=O) groups excluding carboxylic acids is 1. The highest BCUT2D eigenvalue weighted by atomic mass is 16.2. The lowest BCUT2D eigenvalue weighted by molar-refractivity contribution is -0.133. The molecule has 1 aliphatic rings. The van der Waals surface area contributed by atoms with E-state index in [0.29, 0.717) is 0 Å². The summed E-state index contributed by atoms with van der Waals surface area (Å²) in [4.78, 5) is 25.1. The van der Waals surface area contributed by atoms with Crippen molar-refractivity contribution >= 4 is 11.7 Å². The van der Waals surface area contributed by atoms with Gasteiger partial charge in [0, 0.05) is 38.8 Å². The quantitative estimate of drug-likeness (QED) is 0.837. The van der Waals surface area contributed by atoms with Crippen LogP contribution in [0.3, 0.4) is 0 Å². The van der Waals surface area contributed by atoms with E-state index in [0.717, 1.165) is 37.6 Å². The van der Waals surface area contributed by atoms with E-state index in [1.807, 2.05) is 26.4 Å². The molecule has 0 N–H and O–H groups in total. The molecule has 0 saturated carbocycles. The number of anilines is 1. The van der Waals surface area contributed by atoms with Crippen molar-refractivity contribution in [3.05, 3.63) is 18.1 Å². The molecule has 1 aromatic heterocycles. The van der Waals surface area contributed by atoms with E-state index >= 15 is 0 Å². The Hall–Kier alpha value is -1.65. The molecule has 1 amide bonds. The number of carbonyl (C=O) groups is 1. The Kier molecular flexibility index (Phi) is 4.49. The second-order valence-electron chi connectivity index (χ2n) is 7.01. The van der Waals surface area contributed by atoms with Gasteiger partial charge in [-0.2, -0.15) is 0 Å². The van der Waals surface area contributed by atoms with Crippen LogP contribution in [0.1, 0.15) is 39.4 Å². The summed E-state index contributed by atoms with van der Waals surface area (Å²) in [5, 5.41) is 0. The monoisotopic (exact) mass is 290 g/mol. The van der Waals surface area contributed by atoms with E-state index in [2.05, 4.69) is 30.7 Å². The first-order valence-electron chi connectivity index (χ1n) is 7.58. The van der Waals surface area contributed by atoms with Crippen molar-refractivity contribution in [2.24, 2.45) is 5.92 Å². The van der Waals surface area contributed by atoms with E-state index in [4.69, 9.17) is 4.98 Å². The van der Waals surface area contributed by atoms with Crippen LogP contribution >= 0.6 is 0 Å². The number of hydrogen-bond donors (Lipinski definition) is 0. The second kappa shape index (κ2) is 6.00. The van der Waals surface area contributed by atoms with Crippen molar-refractivity contribution in [3.63, 3.8) is 0 Å². The summed E-state index contributed by atoms with van der Waals surface area (Å²) in [7, 11) is 3.65. The van der Waals surface area contributed by atoms with Gasteiger partial charge in [-0.25, -0.2) is 9.97 Å². The van der Waals surface area contributed by atoms with Crippen LogP contribution in [0.25, 0.3) is 0 Å². The first-order valence-corrected chi connectivity index (χ1v) is 7.58. The van der Waals surface area contributed by atoms with Crippen molar-refractivity contribution < 1.29 is 4.79 Å². The average Bonchev–Trinajstić information content (AvgIpc) is 2.46. The first-order chi connectivity index (χ1) is 9.79. The Morgan fingerprint density at radius 1 is 1.38 bits per heavy atom. The van der Waals surface area contributed by atoms with E-state index in [1.54, 1.807) is 4.90 Å². The smallest absolute Gasteiger partial charge is 0.226 e. The molecule has 1 aromatic rings. The van der Waals surface area contributed by atoms with Crippen LogP contribution in [-0.4, -0.2) is 48.0 Å². The summed E-state index contributed by atoms with van der Waals surface area (Å²) < 4.78 is 0. The molecule has 21 heavy (non-hydrogen) atoms. The Morgan fingerprint density at radius 2 is 2.10 bits per heavy atom. The van der Waals surface area contributed by atoms with Crippen LogP contribution in [0.5, 0.6) is 0 Å². The minimum atomic E-state index is -0.0648. The Morgan fingerprint density at radius 3 is 2.71 bits per heavy atom. The maximum Gasteiger partial charge on any atom is 0.226 e. The lowest BCUT2D eigenvalue weighted by Gasteiger charge is -2.34. The van der Waals surface area contributed by atoms with Gasteiger partial charge in [-0.3, -0.25) is 4.79 Å². The van der Waals surface area contributed by atoms with Gasteiger partial charge in [0.1, 0.15) is 11.6 Å². The Bertz CT molecular complexity index is 507. The predicted octanol–water partition coefficient (Wildman–Crippen LogP) is 2.08. The SMILES string of the molecule is CN(C)C(=O)C1CCCN(c2ccnc(C(C)(C)C)n2)C1. The number of nitrogens with zero attached hydrogens (tertiary/aromatic N) is 4. The van der Waals surface area contributed by atoms with Crippen molar-refractivity contribution in [1.29, 1.82) is 0 Å². The van der Waals surface area contributed by atoms with Crippen molar-refractivity contribution in [2.75, 3.05) is 32.1 Å². The molecule has 1 saturated heterocycles. The van der Waals surface area contributed by atoms with E-state index in [1.165, 1.54) is 0 Å². The molecule has 5 nitrogen and oxygen atoms in total. The van der Waals surface area contributed by atoms with Crippen molar-refractivity contribution in [3.8, 4) is 0 Å². The fourth-order valence-electron chi connectivity index (χ4n) is 2.64. The van der Waals surface area contributed by atoms with Crippen LogP contribution in [0.2, 0.25) is 0 Å². The lowest BCUT2D eigenvalue weighted by Crippen LogP contribution is -2.43. The summed E-state index contributed by atoms with van der Waals surface area (Å²) in [5.74, 6) is 2.07. The van der Waals surface area contributed by atoms with Gasteiger partial charge in [0.05, 0.1) is 5.92 Å². The zero-order valence-corrected chi connectivity index (χ0v) is 13.8. The maximum atomic E-state index is 12.2. The molecule has 0 aliphatic carbocycles. The highest BCUT2D eigenvalue weighted by Crippen LogP contribution is 2.25. The molecular weight excluding hydrogens is 264 g/mol. The van der Waals surface area contributed by atoms with Crippen molar-refractivity contribution in [2.45, 2.75) is 39.0 Å².